The number of halogens is 11. The van der Waals surface area contributed by atoms with Crippen LogP contribution in [0.15, 0.2) is 83.1 Å². The number of fused-ring (bicyclic) bond motifs is 1. The van der Waals surface area contributed by atoms with Crippen molar-refractivity contribution < 1.29 is 50.3 Å². The maximum atomic E-state index is 14.1. The van der Waals surface area contributed by atoms with Gasteiger partial charge in [-0.15, -0.1) is 0 Å². The lowest BCUT2D eigenvalue weighted by atomic mass is 9.86. The van der Waals surface area contributed by atoms with Gasteiger partial charge in [-0.05, 0) is 82.9 Å². The van der Waals surface area contributed by atoms with E-state index in [-0.39, 0.29) is 54.7 Å². The van der Waals surface area contributed by atoms with Gasteiger partial charge in [0.2, 0.25) is 0 Å². The van der Waals surface area contributed by atoms with E-state index in [0.717, 1.165) is 12.1 Å². The zero-order valence-electron chi connectivity index (χ0n) is 29.1. The Morgan fingerprint density at radius 2 is 1.23 bits per heavy atom. The SMILES string of the molecule is COC(=O)c1ccc(C2=NOC(c3cc(Cl)cc(Cl)c3)(C(F)(F)F)C2)cc1CBr.N.O=C1NCc2cc(C3=NOC(c4cc(Cl)cc(Cl)c4)(C(F)(F)F)C3)ccc21. The molecular weight excluding hydrogens is 916 g/mol. The Kier molecular flexibility index (Phi) is 12.9. The molecule has 0 fully saturated rings. The standard InChI is InChI=1S/C19H13BrCl2F3NO3.C18H11Cl2F3N2O2.H3N/c1-28-17(27)15-3-2-10(4-11(15)9-20)16-8-18(29-26-16,19(23,24)25)12-5-13(21)7-14(22)6-12;19-12-4-11(5-13(20)6-12)17(18(21,22)23)7-15(25-27-17)9-1-2-14-10(3-9)8-24-16(14)26;/h2-7H,8-9H2,1H3;1-6H,7-8H2,(H,24,26);1H3. The Morgan fingerprint density at radius 1 is 0.772 bits per heavy atom. The number of ether oxygens (including phenoxy) is 1. The van der Waals surface area contributed by atoms with E-state index in [1.54, 1.807) is 24.3 Å². The topological polar surface area (TPSA) is 134 Å². The second kappa shape index (κ2) is 16.7. The first-order valence-corrected chi connectivity index (χ1v) is 18.7. The van der Waals surface area contributed by atoms with Gasteiger partial charge in [-0.25, -0.2) is 4.79 Å². The van der Waals surface area contributed by atoms with Crippen LogP contribution in [-0.2, 0) is 37.5 Å². The minimum atomic E-state index is -4.78. The largest absolute Gasteiger partial charge is 0.465 e. The summed E-state index contributed by atoms with van der Waals surface area (Å²) in [6.45, 7) is 0.324. The summed E-state index contributed by atoms with van der Waals surface area (Å²) in [6, 6.07) is 16.7. The fourth-order valence-electron chi connectivity index (χ4n) is 6.30. The van der Waals surface area contributed by atoms with E-state index >= 15 is 0 Å². The van der Waals surface area contributed by atoms with Crippen molar-refractivity contribution in [3.63, 3.8) is 0 Å². The number of methoxy groups -OCH3 is 1. The molecule has 302 valence electrons. The molecule has 0 bridgehead atoms. The number of hydrogen-bond acceptors (Lipinski definition) is 8. The average molecular weight is 943 g/mol. The number of hydrogen-bond donors (Lipinski definition) is 2. The zero-order chi connectivity index (χ0) is 40.8. The van der Waals surface area contributed by atoms with Crippen LogP contribution < -0.4 is 11.5 Å². The molecule has 0 radical (unpaired) electrons. The first kappa shape index (κ1) is 44.1. The maximum absolute atomic E-state index is 14.1. The Labute approximate surface area is 348 Å². The molecule has 3 aliphatic heterocycles. The third kappa shape index (κ3) is 8.57. The lowest BCUT2D eigenvalue weighted by molar-refractivity contribution is -0.276. The lowest BCUT2D eigenvalue weighted by Crippen LogP contribution is -2.42. The molecule has 3 aliphatic rings. The number of esters is 1. The van der Waals surface area contributed by atoms with Crippen molar-refractivity contribution in [3.8, 4) is 0 Å². The summed E-state index contributed by atoms with van der Waals surface area (Å²) in [5.41, 5.74) is -2.73. The average Bonchev–Trinajstić information content (AvgIpc) is 3.89. The Hall–Kier alpha value is -4.06. The van der Waals surface area contributed by atoms with E-state index in [4.69, 9.17) is 60.8 Å². The number of carbonyl (C=O) groups is 2. The molecule has 3 heterocycles. The van der Waals surface area contributed by atoms with Crippen molar-refractivity contribution in [1.82, 2.24) is 11.5 Å². The summed E-state index contributed by atoms with van der Waals surface area (Å²) in [4.78, 5) is 33.4. The Bertz CT molecular complexity index is 2270. The molecule has 0 spiro atoms. The van der Waals surface area contributed by atoms with E-state index in [9.17, 15) is 35.9 Å². The maximum Gasteiger partial charge on any atom is 0.435 e. The van der Waals surface area contributed by atoms with Gasteiger partial charge in [0.05, 0.1) is 24.1 Å². The number of nitrogens with zero attached hydrogens (tertiary/aromatic N) is 2. The van der Waals surface area contributed by atoms with Crippen LogP contribution >= 0.6 is 62.3 Å². The van der Waals surface area contributed by atoms with Crippen molar-refractivity contribution in [3.05, 3.63) is 137 Å². The molecule has 4 N–H and O–H groups in total. The molecule has 20 heteroatoms. The highest BCUT2D eigenvalue weighted by atomic mass is 79.9. The third-order valence-electron chi connectivity index (χ3n) is 9.14. The summed E-state index contributed by atoms with van der Waals surface area (Å²) in [5.74, 6) is -0.756. The fraction of sp³-hybridized carbons (Fsp3) is 0.243. The fourth-order valence-corrected chi connectivity index (χ4v) is 7.81. The number of benzene rings is 4. The van der Waals surface area contributed by atoms with Crippen molar-refractivity contribution in [1.29, 1.82) is 0 Å². The molecule has 9 nitrogen and oxygen atoms in total. The molecular formula is C37H27BrCl4F6N4O5. The predicted molar refractivity (Wildman–Crippen MR) is 206 cm³/mol. The molecule has 0 aliphatic carbocycles. The second-order valence-electron chi connectivity index (χ2n) is 12.6. The lowest BCUT2D eigenvalue weighted by Gasteiger charge is -2.29. The molecule has 57 heavy (non-hydrogen) atoms. The van der Waals surface area contributed by atoms with Gasteiger partial charge in [0.15, 0.2) is 0 Å². The molecule has 2 atom stereocenters. The molecule has 7 rings (SSSR count). The van der Waals surface area contributed by atoms with Crippen LogP contribution in [0.2, 0.25) is 20.1 Å². The highest BCUT2D eigenvalue weighted by Gasteiger charge is 2.63. The number of amides is 1. The number of oxime groups is 2. The van der Waals surface area contributed by atoms with Crippen molar-refractivity contribution >= 4 is 85.6 Å². The smallest absolute Gasteiger partial charge is 0.435 e. The van der Waals surface area contributed by atoms with Gasteiger partial charge in [-0.2, -0.15) is 26.3 Å². The van der Waals surface area contributed by atoms with E-state index in [1.807, 2.05) is 0 Å². The second-order valence-corrected chi connectivity index (χ2v) is 14.9. The van der Waals surface area contributed by atoms with E-state index in [1.165, 1.54) is 43.5 Å². The molecule has 0 aromatic heterocycles. The van der Waals surface area contributed by atoms with Crippen molar-refractivity contribution in [2.24, 2.45) is 10.3 Å². The van der Waals surface area contributed by atoms with Crippen LogP contribution in [0.3, 0.4) is 0 Å². The number of nitrogens with one attached hydrogen (secondary N) is 1. The van der Waals surface area contributed by atoms with Gasteiger partial charge in [-0.3, -0.25) is 4.79 Å². The van der Waals surface area contributed by atoms with Gasteiger partial charge in [0, 0.05) is 61.5 Å². The highest BCUT2D eigenvalue weighted by molar-refractivity contribution is 9.08. The molecule has 2 unspecified atom stereocenters. The van der Waals surface area contributed by atoms with E-state index < -0.39 is 42.4 Å². The van der Waals surface area contributed by atoms with Crippen LogP contribution in [0.25, 0.3) is 0 Å². The minimum absolute atomic E-state index is 0. The predicted octanol–water partition coefficient (Wildman–Crippen LogP) is 11.2. The number of rotatable bonds is 6. The van der Waals surface area contributed by atoms with Gasteiger partial charge >= 0.3 is 18.3 Å². The summed E-state index contributed by atoms with van der Waals surface area (Å²) < 4.78 is 88.9. The molecule has 1 amide bonds. The van der Waals surface area contributed by atoms with Gasteiger partial charge in [0.1, 0.15) is 0 Å². The van der Waals surface area contributed by atoms with Crippen LogP contribution in [0.1, 0.15) is 66.9 Å². The van der Waals surface area contributed by atoms with E-state index in [0.29, 0.717) is 45.3 Å². The first-order chi connectivity index (χ1) is 26.3. The summed E-state index contributed by atoms with van der Waals surface area (Å²) in [5, 5.41) is 10.6. The van der Waals surface area contributed by atoms with Gasteiger partial charge in [0.25, 0.3) is 17.1 Å². The monoisotopic (exact) mass is 940 g/mol. The van der Waals surface area contributed by atoms with Crippen LogP contribution in [0, 0.1) is 0 Å². The van der Waals surface area contributed by atoms with E-state index in [2.05, 4.69) is 31.6 Å². The summed E-state index contributed by atoms with van der Waals surface area (Å²) in [7, 11) is 1.25. The van der Waals surface area contributed by atoms with Crippen LogP contribution in [-0.4, -0.2) is 42.8 Å². The zero-order valence-corrected chi connectivity index (χ0v) is 33.7. The first-order valence-electron chi connectivity index (χ1n) is 16.1. The normalized spacial score (nSPS) is 19.8. The molecule has 4 aromatic rings. The van der Waals surface area contributed by atoms with Crippen LogP contribution in [0.4, 0.5) is 26.3 Å². The number of alkyl halides is 7. The quantitative estimate of drug-likeness (QED) is 0.112. The summed E-state index contributed by atoms with van der Waals surface area (Å²) >= 11 is 26.8. The highest BCUT2D eigenvalue weighted by Crippen LogP contribution is 2.51. The Morgan fingerprint density at radius 3 is 1.67 bits per heavy atom. The third-order valence-corrected chi connectivity index (χ3v) is 10.6. The number of carbonyl (C=O) groups excluding carboxylic acids is 2. The summed E-state index contributed by atoms with van der Waals surface area (Å²) in [6.07, 6.45) is -10.6. The van der Waals surface area contributed by atoms with Gasteiger partial charge in [-0.1, -0.05) is 84.8 Å². The van der Waals surface area contributed by atoms with Crippen LogP contribution in [0.5, 0.6) is 0 Å². The molecule has 0 saturated heterocycles. The minimum Gasteiger partial charge on any atom is -0.465 e. The molecule has 4 aromatic carbocycles. The van der Waals surface area contributed by atoms with Crippen molar-refractivity contribution in [2.75, 3.05) is 7.11 Å². The molecule has 0 saturated carbocycles. The Balaban J connectivity index is 0.000000214. The van der Waals surface area contributed by atoms with Gasteiger partial charge < -0.3 is 25.9 Å². The van der Waals surface area contributed by atoms with Crippen molar-refractivity contribution in [2.45, 2.75) is 48.3 Å².